The molecule has 0 aliphatic rings. The molecular formula is C20H36W. The van der Waals surface area contributed by atoms with Gasteiger partial charge in [-0.15, -0.1) is 0 Å². The first kappa shape index (κ1) is 23.2. The van der Waals surface area contributed by atoms with Crippen LogP contribution in [0.1, 0.15) is 91.5 Å². The molecule has 0 aliphatic carbocycles. The van der Waals surface area contributed by atoms with Gasteiger partial charge in [-0.3, -0.25) is 0 Å². The van der Waals surface area contributed by atoms with Crippen molar-refractivity contribution in [2.75, 3.05) is 0 Å². The van der Waals surface area contributed by atoms with Gasteiger partial charge in [0.25, 0.3) is 0 Å². The summed E-state index contributed by atoms with van der Waals surface area (Å²) in [7, 11) is 0. The molecule has 0 aromatic heterocycles. The van der Waals surface area contributed by atoms with Crippen molar-refractivity contribution >= 4 is 0 Å². The molecule has 1 aromatic rings. The van der Waals surface area contributed by atoms with Crippen LogP contribution in [0, 0.1) is 0 Å². The zero-order valence-corrected chi connectivity index (χ0v) is 18.9. The Labute approximate surface area is 148 Å². The van der Waals surface area contributed by atoms with Crippen LogP contribution in [0.2, 0.25) is 0 Å². The molecular weight excluding hydrogens is 424 g/mol. The molecule has 0 bridgehead atoms. The van der Waals surface area contributed by atoms with Gasteiger partial charge in [-0.2, -0.15) is 0 Å². The predicted molar refractivity (Wildman–Crippen MR) is 93.9 cm³/mol. The number of hydrogen-bond donors (Lipinski definition) is 0. The molecule has 21 heavy (non-hydrogen) atoms. The second kappa shape index (κ2) is 9.14. The first-order chi connectivity index (χ1) is 9.12. The minimum absolute atomic E-state index is 0. The number of benzene rings is 1. The second-order valence-electron chi connectivity index (χ2n) is 7.32. The van der Waals surface area contributed by atoms with Crippen LogP contribution in [-0.4, -0.2) is 0 Å². The minimum atomic E-state index is 0. The summed E-state index contributed by atoms with van der Waals surface area (Å²) in [6.45, 7) is 22.5. The van der Waals surface area contributed by atoms with E-state index in [0.717, 1.165) is 12.8 Å². The molecule has 1 heteroatoms. The molecule has 0 nitrogen and oxygen atoms in total. The van der Waals surface area contributed by atoms with Gasteiger partial charge >= 0.3 is 0 Å². The molecule has 0 atom stereocenters. The van der Waals surface area contributed by atoms with Crippen molar-refractivity contribution in [2.45, 2.75) is 92.9 Å². The van der Waals surface area contributed by atoms with Crippen molar-refractivity contribution in [3.05, 3.63) is 34.4 Å². The van der Waals surface area contributed by atoms with Gasteiger partial charge in [-0.05, 0) is 45.9 Å². The van der Waals surface area contributed by atoms with E-state index in [1.165, 1.54) is 11.1 Å². The first-order valence-electron chi connectivity index (χ1n) is 8.28. The van der Waals surface area contributed by atoms with E-state index < -0.39 is 0 Å². The van der Waals surface area contributed by atoms with E-state index >= 15 is 0 Å². The summed E-state index contributed by atoms with van der Waals surface area (Å²) < 4.78 is 0. The van der Waals surface area contributed by atoms with Crippen molar-refractivity contribution in [1.82, 2.24) is 0 Å². The third-order valence-corrected chi connectivity index (χ3v) is 3.75. The summed E-state index contributed by atoms with van der Waals surface area (Å²) in [6.07, 6.45) is 2.28. The van der Waals surface area contributed by atoms with Gasteiger partial charge in [0.2, 0.25) is 0 Å². The van der Waals surface area contributed by atoms with E-state index in [2.05, 4.69) is 67.5 Å². The Kier molecular flexibility index (Phi) is 10.1. The maximum absolute atomic E-state index is 2.36. The second-order valence-corrected chi connectivity index (χ2v) is 7.32. The monoisotopic (exact) mass is 460 g/mol. The van der Waals surface area contributed by atoms with E-state index in [1.54, 1.807) is 11.1 Å². The number of rotatable bonds is 2. The van der Waals surface area contributed by atoms with Crippen LogP contribution in [0.15, 0.2) is 12.1 Å². The van der Waals surface area contributed by atoms with Crippen LogP contribution in [0.3, 0.4) is 0 Å². The summed E-state index contributed by atoms with van der Waals surface area (Å²) in [5.74, 6) is 0. The minimum Gasteiger partial charge on any atom is -0.0683 e. The summed E-state index contributed by atoms with van der Waals surface area (Å²) >= 11 is 0. The van der Waals surface area contributed by atoms with Crippen LogP contribution >= 0.6 is 0 Å². The van der Waals surface area contributed by atoms with Crippen LogP contribution in [0.5, 0.6) is 0 Å². The maximum Gasteiger partial charge on any atom is 0 e. The van der Waals surface area contributed by atoms with Gasteiger partial charge in [0.1, 0.15) is 0 Å². The molecule has 1 aromatic carbocycles. The van der Waals surface area contributed by atoms with Gasteiger partial charge < -0.3 is 0 Å². The van der Waals surface area contributed by atoms with Crippen molar-refractivity contribution in [3.8, 4) is 0 Å². The van der Waals surface area contributed by atoms with E-state index in [-0.39, 0.29) is 31.9 Å². The standard InChI is InChI=1S/C18H30.C2H6.W/c1-9-13-14(10-2)16(18(6,7)8)12-11-15(13)17(3,4)5;1-2;/h11-12H,9-10H2,1-8H3;1-2H3;. The molecule has 0 saturated carbocycles. The fourth-order valence-corrected chi connectivity index (χ4v) is 2.91. The van der Waals surface area contributed by atoms with Gasteiger partial charge in [0.05, 0.1) is 0 Å². The Morgan fingerprint density at radius 3 is 1.05 bits per heavy atom. The topological polar surface area (TPSA) is 0 Å². The van der Waals surface area contributed by atoms with Gasteiger partial charge in [-0.1, -0.05) is 81.4 Å². The molecule has 0 saturated heterocycles. The van der Waals surface area contributed by atoms with Gasteiger partial charge in [0.15, 0.2) is 0 Å². The van der Waals surface area contributed by atoms with Crippen LogP contribution in [0.25, 0.3) is 0 Å². The zero-order valence-electron chi connectivity index (χ0n) is 16.0. The van der Waals surface area contributed by atoms with Crippen molar-refractivity contribution in [3.63, 3.8) is 0 Å². The van der Waals surface area contributed by atoms with Gasteiger partial charge in [-0.25, -0.2) is 0 Å². The predicted octanol–water partition coefficient (Wildman–Crippen LogP) is 6.43. The van der Waals surface area contributed by atoms with E-state index in [1.807, 2.05) is 13.8 Å². The molecule has 0 unspecified atom stereocenters. The summed E-state index contributed by atoms with van der Waals surface area (Å²) in [6, 6.07) is 4.72. The summed E-state index contributed by atoms with van der Waals surface area (Å²) in [4.78, 5) is 0. The van der Waals surface area contributed by atoms with Crippen molar-refractivity contribution in [2.24, 2.45) is 0 Å². The normalized spacial score (nSPS) is 11.3. The van der Waals surface area contributed by atoms with Crippen LogP contribution < -0.4 is 0 Å². The smallest absolute Gasteiger partial charge is 0 e. The molecule has 0 spiro atoms. The molecule has 0 fully saturated rings. The third-order valence-electron chi connectivity index (χ3n) is 3.75. The summed E-state index contributed by atoms with van der Waals surface area (Å²) in [5, 5.41) is 0. The molecule has 0 amide bonds. The van der Waals surface area contributed by atoms with Crippen molar-refractivity contribution in [1.29, 1.82) is 0 Å². The average molecular weight is 460 g/mol. The first-order valence-corrected chi connectivity index (χ1v) is 8.28. The molecule has 0 heterocycles. The Hall–Kier alpha value is -0.0917. The third kappa shape index (κ3) is 5.90. The molecule has 1 rings (SSSR count). The van der Waals surface area contributed by atoms with E-state index in [0.29, 0.717) is 0 Å². The van der Waals surface area contributed by atoms with E-state index in [4.69, 9.17) is 0 Å². The molecule has 0 radical (unpaired) electrons. The molecule has 0 N–H and O–H groups in total. The Morgan fingerprint density at radius 1 is 0.667 bits per heavy atom. The average Bonchev–Trinajstić information content (AvgIpc) is 2.36. The maximum atomic E-state index is 2.36. The largest absolute Gasteiger partial charge is 0.0683 e. The van der Waals surface area contributed by atoms with Crippen molar-refractivity contribution < 1.29 is 21.1 Å². The zero-order chi connectivity index (χ0) is 16.1. The fraction of sp³-hybridized carbons (Fsp3) is 0.700. The summed E-state index contributed by atoms with van der Waals surface area (Å²) in [5.41, 5.74) is 6.69. The van der Waals surface area contributed by atoms with Crippen LogP contribution in [0.4, 0.5) is 0 Å². The Morgan fingerprint density at radius 2 is 0.905 bits per heavy atom. The number of hydrogen-bond acceptors (Lipinski definition) is 0. The molecule has 0 aliphatic heterocycles. The Bertz CT molecular complexity index is 376. The SMILES string of the molecule is CC.CCc1c(C(C)(C)C)ccc(C(C)(C)C)c1CC.[W]. The fourth-order valence-electron chi connectivity index (χ4n) is 2.91. The van der Waals surface area contributed by atoms with E-state index in [9.17, 15) is 0 Å². The quantitative estimate of drug-likeness (QED) is 0.477. The molecule has 122 valence electrons. The Balaban J connectivity index is 0. The van der Waals surface area contributed by atoms with Gasteiger partial charge in [0, 0.05) is 21.1 Å². The van der Waals surface area contributed by atoms with Crippen LogP contribution in [-0.2, 0) is 44.7 Å².